The van der Waals surface area contributed by atoms with Crippen LogP contribution in [0, 0.1) is 29.6 Å². The zero-order chi connectivity index (χ0) is 68.7. The smallest absolute Gasteiger partial charge is 0.312 e. The van der Waals surface area contributed by atoms with Crippen LogP contribution < -0.4 is 43.4 Å². The van der Waals surface area contributed by atoms with E-state index < -0.39 is 89.9 Å². The van der Waals surface area contributed by atoms with Gasteiger partial charge in [0.15, 0.2) is 0 Å². The van der Waals surface area contributed by atoms with Crippen molar-refractivity contribution >= 4 is 64.9 Å². The molecule has 512 valence electrons. The first-order valence-corrected chi connectivity index (χ1v) is 32.4. The summed E-state index contributed by atoms with van der Waals surface area (Å²) in [5.41, 5.74) is 12.9. The van der Waals surface area contributed by atoms with Crippen molar-refractivity contribution in [3.05, 3.63) is 77.9 Å². The molecule has 4 rings (SSSR count). The SMILES string of the molecule is CC[C@H](C)[C@@H]([C@@H](CC(=O)N1CCC[C@@]1(N)[C@H](OC)[C@@H](C)C(=O)N[C@H](C)[C@@H](O)c1ccccc1)OC)N(C)C(=O)[C@@H](NC(=O)[C@H](C(C)C)N(C)Cc1ccc(NC(=O)[C@H](CCCNC(N)=O)NC(=O)[C@@H](NC(=O)CCCCCN2C(=O)C=CC2=O)C(C)C)cc1)C(C)C. The van der Waals surface area contributed by atoms with E-state index in [-0.39, 0.29) is 97.9 Å². The zero-order valence-corrected chi connectivity index (χ0v) is 56.6. The number of rotatable bonds is 38. The maximum absolute atomic E-state index is 14.9. The number of hydrogen-bond acceptors (Lipinski definition) is 15. The number of urea groups is 1. The number of nitrogens with zero attached hydrogens (tertiary/aromatic N) is 4. The Bertz CT molecular complexity index is 2800. The summed E-state index contributed by atoms with van der Waals surface area (Å²) in [4.78, 5) is 140. The Morgan fingerprint density at radius 2 is 1.36 bits per heavy atom. The third-order valence-corrected chi connectivity index (χ3v) is 17.8. The van der Waals surface area contributed by atoms with E-state index in [0.29, 0.717) is 62.9 Å². The van der Waals surface area contributed by atoms with E-state index in [4.69, 9.17) is 20.9 Å². The van der Waals surface area contributed by atoms with Crippen molar-refractivity contribution < 1.29 is 62.5 Å². The van der Waals surface area contributed by atoms with Gasteiger partial charge in [0.1, 0.15) is 29.9 Å². The van der Waals surface area contributed by atoms with E-state index in [1.807, 2.05) is 71.7 Å². The zero-order valence-electron chi connectivity index (χ0n) is 56.6. The highest BCUT2D eigenvalue weighted by Gasteiger charge is 2.51. The van der Waals surface area contributed by atoms with Crippen LogP contribution in [-0.4, -0.2) is 186 Å². The van der Waals surface area contributed by atoms with Crippen molar-refractivity contribution in [1.82, 2.24) is 46.2 Å². The maximum atomic E-state index is 14.9. The van der Waals surface area contributed by atoms with Gasteiger partial charge >= 0.3 is 6.03 Å². The summed E-state index contributed by atoms with van der Waals surface area (Å²) in [6.45, 7) is 19.4. The summed E-state index contributed by atoms with van der Waals surface area (Å²) in [7, 11) is 6.43. The molecule has 0 aliphatic carbocycles. The second kappa shape index (κ2) is 36.8. The minimum atomic E-state index is -1.38. The lowest BCUT2D eigenvalue weighted by Gasteiger charge is -2.44. The first kappa shape index (κ1) is 77.1. The molecule has 25 nitrogen and oxygen atoms in total. The third-order valence-electron chi connectivity index (χ3n) is 17.8. The average Bonchev–Trinajstić information content (AvgIpc) is 1.55. The minimum Gasteiger partial charge on any atom is -0.386 e. The molecule has 0 spiro atoms. The standard InChI is InChI=1S/C67H106N12O13/c1-15-43(8)58(50(91-13)38-54(83)79-37-23-34-67(79,69)60(92-14)44(9)61(85)71-45(10)59(84)47-24-18-16-19-25-47)77(12)65(89)56(41(4)5)75-64(88)57(42(6)7)76(11)39-46-28-30-48(31-29-46)72-62(86)49(26-22-35-70-66(68)90)73-63(87)55(40(2)3)74-51(80)27-20-17-21-36-78-52(81)32-33-53(78)82/h16,18-19,24-25,28-33,40-45,49-50,55-60,84H,15,17,20-23,26-27,34-39,69H2,1-14H3,(H,71,85)(H,72,86)(H,73,87)(H,74,80)(H,75,88)(H3,68,70,90)/t43-,44+,45+,49-,50+,55-,56-,57-,58-,59+,60+,67-/m0/s1. The number of anilines is 1. The monoisotopic (exact) mass is 1290 g/mol. The van der Waals surface area contributed by atoms with Gasteiger partial charge in [-0.05, 0) is 99.4 Å². The van der Waals surface area contributed by atoms with Gasteiger partial charge in [0.25, 0.3) is 11.8 Å². The average molecular weight is 1290 g/mol. The van der Waals surface area contributed by atoms with E-state index in [2.05, 4.69) is 31.9 Å². The fourth-order valence-corrected chi connectivity index (χ4v) is 12.4. The van der Waals surface area contributed by atoms with Crippen LogP contribution in [0.1, 0.15) is 151 Å². The minimum absolute atomic E-state index is 0.0997. The molecule has 0 aromatic heterocycles. The van der Waals surface area contributed by atoms with E-state index in [1.54, 1.807) is 80.9 Å². The molecule has 2 aromatic carbocycles. The number of likely N-dealkylation sites (tertiary alicyclic amines) is 1. The highest BCUT2D eigenvalue weighted by atomic mass is 16.5. The van der Waals surface area contributed by atoms with Crippen molar-refractivity contribution in [2.75, 3.05) is 53.3 Å². The molecule has 0 unspecified atom stereocenters. The van der Waals surface area contributed by atoms with Gasteiger partial charge in [0.2, 0.25) is 41.4 Å². The number of primary amides is 1. The summed E-state index contributed by atoms with van der Waals surface area (Å²) in [5.74, 6) is -5.62. The lowest BCUT2D eigenvalue weighted by atomic mass is 9.87. The molecule has 12 atom stereocenters. The van der Waals surface area contributed by atoms with Crippen LogP contribution in [0.25, 0.3) is 0 Å². The van der Waals surface area contributed by atoms with Crippen LogP contribution in [-0.2, 0) is 59.2 Å². The number of imide groups is 1. The molecule has 11 amide bonds. The summed E-state index contributed by atoms with van der Waals surface area (Å²) in [6.07, 6.45) is 3.16. The fourth-order valence-electron chi connectivity index (χ4n) is 12.4. The summed E-state index contributed by atoms with van der Waals surface area (Å²) in [6, 6.07) is 10.3. The number of nitrogens with two attached hydrogens (primary N) is 2. The number of likely N-dealkylation sites (N-methyl/N-ethyl adjacent to an activating group) is 2. The van der Waals surface area contributed by atoms with E-state index in [0.717, 1.165) is 10.5 Å². The summed E-state index contributed by atoms with van der Waals surface area (Å²) < 4.78 is 12.1. The molecule has 0 saturated carbocycles. The van der Waals surface area contributed by atoms with Crippen LogP contribution in [0.15, 0.2) is 66.7 Å². The van der Waals surface area contributed by atoms with Gasteiger partial charge in [0, 0.05) is 71.7 Å². The number of aliphatic hydroxyl groups is 1. The Morgan fingerprint density at radius 1 is 0.728 bits per heavy atom. The number of amides is 11. The summed E-state index contributed by atoms with van der Waals surface area (Å²) >= 11 is 0. The number of nitrogens with one attached hydrogen (secondary N) is 6. The Kier molecular flexibility index (Phi) is 30.9. The third kappa shape index (κ3) is 21.6. The molecule has 2 aromatic rings. The van der Waals surface area contributed by atoms with Gasteiger partial charge in [-0.2, -0.15) is 0 Å². The van der Waals surface area contributed by atoms with Crippen LogP contribution in [0.4, 0.5) is 10.5 Å². The van der Waals surface area contributed by atoms with E-state index in [9.17, 15) is 53.1 Å². The molecule has 0 bridgehead atoms. The first-order chi connectivity index (χ1) is 43.4. The highest BCUT2D eigenvalue weighted by molar-refractivity contribution is 6.12. The topological polar surface area (TPSA) is 347 Å². The first-order valence-electron chi connectivity index (χ1n) is 32.4. The number of methoxy groups -OCH3 is 2. The van der Waals surface area contributed by atoms with Crippen LogP contribution in [0.5, 0.6) is 0 Å². The van der Waals surface area contributed by atoms with Crippen molar-refractivity contribution in [3.63, 3.8) is 0 Å². The molecule has 1 saturated heterocycles. The largest absolute Gasteiger partial charge is 0.386 e. The van der Waals surface area contributed by atoms with E-state index >= 15 is 0 Å². The second-order valence-corrected chi connectivity index (χ2v) is 25.8. The fraction of sp³-hybridized carbons (Fsp3) is 0.642. The van der Waals surface area contributed by atoms with Gasteiger partial charge < -0.3 is 67.7 Å². The number of carbonyl (C=O) groups is 10. The number of unbranched alkanes of at least 4 members (excludes halogenated alkanes) is 2. The number of hydrogen-bond donors (Lipinski definition) is 9. The van der Waals surface area contributed by atoms with Crippen LogP contribution >= 0.6 is 0 Å². The number of aliphatic hydroxyl groups excluding tert-OH is 1. The number of benzene rings is 2. The normalized spacial score (nSPS) is 18.5. The molecule has 2 aliphatic heterocycles. The lowest BCUT2D eigenvalue weighted by Crippen LogP contribution is -2.66. The van der Waals surface area contributed by atoms with Gasteiger partial charge in [-0.1, -0.05) is 118 Å². The van der Waals surface area contributed by atoms with Crippen LogP contribution in [0.3, 0.4) is 0 Å². The predicted octanol–water partition coefficient (Wildman–Crippen LogP) is 4.23. The van der Waals surface area contributed by atoms with Crippen LogP contribution in [0.2, 0.25) is 0 Å². The van der Waals surface area contributed by atoms with E-state index in [1.165, 1.54) is 26.4 Å². The van der Waals surface area contributed by atoms with Gasteiger partial charge in [-0.25, -0.2) is 4.79 Å². The Hall–Kier alpha value is -7.32. The Morgan fingerprint density at radius 3 is 1.92 bits per heavy atom. The van der Waals surface area contributed by atoms with Crippen molar-refractivity contribution in [2.45, 2.75) is 200 Å². The summed E-state index contributed by atoms with van der Waals surface area (Å²) in [5, 5.41) is 27.9. The molecular weight excluding hydrogens is 1180 g/mol. The molecule has 11 N–H and O–H groups in total. The quantitative estimate of drug-likeness (QED) is 0.0336. The molecule has 92 heavy (non-hydrogen) atoms. The molecule has 25 heteroatoms. The lowest BCUT2D eigenvalue weighted by molar-refractivity contribution is -0.153. The van der Waals surface area contributed by atoms with Gasteiger partial charge in [0.05, 0.1) is 42.7 Å². The maximum Gasteiger partial charge on any atom is 0.312 e. The molecule has 2 aliphatic rings. The predicted molar refractivity (Wildman–Crippen MR) is 350 cm³/mol. The molecule has 1 fully saturated rings. The van der Waals surface area contributed by atoms with Crippen molar-refractivity contribution in [3.8, 4) is 0 Å². The molecule has 0 radical (unpaired) electrons. The van der Waals surface area contributed by atoms with Gasteiger partial charge in [-0.3, -0.25) is 53.0 Å². The van der Waals surface area contributed by atoms with Gasteiger partial charge in [-0.15, -0.1) is 0 Å². The number of carbonyl (C=O) groups excluding carboxylic acids is 10. The molecule has 2 heterocycles. The number of ether oxygens (including phenoxy) is 2. The Labute approximate surface area is 544 Å². The molecular formula is C67H106N12O13. The Balaban J connectivity index is 1.42. The van der Waals surface area contributed by atoms with Crippen molar-refractivity contribution in [2.24, 2.45) is 41.1 Å². The second-order valence-electron chi connectivity index (χ2n) is 25.8. The van der Waals surface area contributed by atoms with Crippen molar-refractivity contribution in [1.29, 1.82) is 0 Å². The highest BCUT2D eigenvalue weighted by Crippen LogP contribution is 2.35.